The van der Waals surface area contributed by atoms with E-state index in [1.165, 1.54) is 4.35 Å². The summed E-state index contributed by atoms with van der Waals surface area (Å²) in [6.07, 6.45) is 5.12. The monoisotopic (exact) mass is 460 g/mol. The van der Waals surface area contributed by atoms with Crippen LogP contribution in [0.25, 0.3) is 28.2 Å². The molecule has 0 saturated carbocycles. The predicted molar refractivity (Wildman–Crippen MR) is 113 cm³/mol. The van der Waals surface area contributed by atoms with Gasteiger partial charge in [-0.15, -0.1) is 0 Å². The van der Waals surface area contributed by atoms with Crippen LogP contribution in [0.3, 0.4) is 0 Å². The molecule has 1 radical (unpaired) electrons. The van der Waals surface area contributed by atoms with Crippen LogP contribution >= 0.6 is 0 Å². The van der Waals surface area contributed by atoms with Crippen molar-refractivity contribution in [3.05, 3.63) is 48.0 Å². The summed E-state index contributed by atoms with van der Waals surface area (Å²) in [7, 11) is 0. The summed E-state index contributed by atoms with van der Waals surface area (Å²) < 4.78 is 9.18. The van der Waals surface area contributed by atoms with E-state index in [2.05, 4.69) is 51.5 Å². The van der Waals surface area contributed by atoms with Gasteiger partial charge in [0.2, 0.25) is 0 Å². The van der Waals surface area contributed by atoms with E-state index in [1.54, 1.807) is 23.1 Å². The molecule has 1 aliphatic heterocycles. The molecule has 1 fully saturated rings. The maximum atomic E-state index is 9.09. The Morgan fingerprint density at radius 1 is 1.20 bits per heavy atom. The van der Waals surface area contributed by atoms with Crippen LogP contribution in [-0.2, 0) is 0 Å². The van der Waals surface area contributed by atoms with E-state index in [-0.39, 0.29) is 15.8 Å². The van der Waals surface area contributed by atoms with Gasteiger partial charge in [-0.2, -0.15) is 0 Å². The molecular formula is C21H19AsN7O. The normalized spacial score (nSPS) is 14.6. The molecule has 8 nitrogen and oxygen atoms in total. The van der Waals surface area contributed by atoms with E-state index in [1.807, 2.05) is 12.3 Å². The third-order valence-corrected chi connectivity index (χ3v) is 7.46. The molecule has 0 aromatic carbocycles. The summed E-state index contributed by atoms with van der Waals surface area (Å²) in [5.74, 6) is 1.90. The molecular weight excluding hydrogens is 441 g/mol. The fraction of sp³-hybridized carbons (Fsp3) is 0.286. The Balaban J connectivity index is 1.56. The number of nitriles is 1. The van der Waals surface area contributed by atoms with E-state index in [0.717, 1.165) is 35.5 Å². The van der Waals surface area contributed by atoms with Crippen molar-refractivity contribution in [1.29, 1.82) is 5.26 Å². The number of nitrogens with zero attached hydrogens (tertiary/aromatic N) is 6. The maximum absolute atomic E-state index is 9.09. The SMILES string of the molecule is CC(C)[As]c1cc(-n2ncc3cc(C#N)cnc32)ncc1-c1cc(C2CNC2)no1. The van der Waals surface area contributed by atoms with Crippen LogP contribution in [0.4, 0.5) is 0 Å². The number of rotatable bonds is 5. The van der Waals surface area contributed by atoms with E-state index >= 15 is 0 Å². The Labute approximate surface area is 180 Å². The van der Waals surface area contributed by atoms with Crippen molar-refractivity contribution in [2.24, 2.45) is 0 Å². The molecule has 0 unspecified atom stereocenters. The number of nitrogens with one attached hydrogen (secondary N) is 1. The average molecular weight is 460 g/mol. The van der Waals surface area contributed by atoms with Crippen molar-refractivity contribution in [2.75, 3.05) is 13.1 Å². The van der Waals surface area contributed by atoms with E-state index < -0.39 is 0 Å². The zero-order valence-corrected chi connectivity index (χ0v) is 18.4. The Bertz CT molecular complexity index is 1270. The van der Waals surface area contributed by atoms with Crippen molar-refractivity contribution in [1.82, 2.24) is 30.2 Å². The van der Waals surface area contributed by atoms with Crippen LogP contribution in [0.15, 0.2) is 41.3 Å². The minimum absolute atomic E-state index is 0.0992. The minimum atomic E-state index is -0.0992. The van der Waals surface area contributed by atoms with Gasteiger partial charge < -0.3 is 0 Å². The zero-order valence-electron chi connectivity index (χ0n) is 16.6. The van der Waals surface area contributed by atoms with Gasteiger partial charge in [0.1, 0.15) is 0 Å². The van der Waals surface area contributed by atoms with Crippen molar-refractivity contribution in [2.45, 2.75) is 24.5 Å². The Kier molecular flexibility index (Phi) is 4.85. The van der Waals surface area contributed by atoms with E-state index in [9.17, 15) is 0 Å². The molecule has 1 N–H and O–H groups in total. The summed E-state index contributed by atoms with van der Waals surface area (Å²) in [5, 5.41) is 21.9. The van der Waals surface area contributed by atoms with E-state index in [4.69, 9.17) is 9.78 Å². The van der Waals surface area contributed by atoms with Gasteiger partial charge >= 0.3 is 180 Å². The van der Waals surface area contributed by atoms with Crippen LogP contribution in [0.1, 0.15) is 31.0 Å². The molecule has 0 bridgehead atoms. The van der Waals surface area contributed by atoms with Crippen LogP contribution in [-0.4, -0.2) is 53.7 Å². The number of fused-ring (bicyclic) bond motifs is 1. The molecule has 4 aromatic rings. The number of hydrogen-bond acceptors (Lipinski definition) is 7. The number of aromatic nitrogens is 5. The molecule has 5 rings (SSSR count). The molecule has 0 aliphatic carbocycles. The van der Waals surface area contributed by atoms with Gasteiger partial charge in [0.15, 0.2) is 0 Å². The van der Waals surface area contributed by atoms with Gasteiger partial charge in [-0.05, 0) is 0 Å². The molecule has 1 aliphatic rings. The second kappa shape index (κ2) is 7.67. The van der Waals surface area contributed by atoms with Gasteiger partial charge in [0.25, 0.3) is 0 Å². The van der Waals surface area contributed by atoms with Crippen molar-refractivity contribution < 1.29 is 4.52 Å². The van der Waals surface area contributed by atoms with Crippen molar-refractivity contribution in [3.63, 3.8) is 0 Å². The Morgan fingerprint density at radius 2 is 2.07 bits per heavy atom. The van der Waals surface area contributed by atoms with Gasteiger partial charge in [-0.25, -0.2) is 0 Å². The molecule has 149 valence electrons. The third-order valence-electron chi connectivity index (χ3n) is 5.01. The van der Waals surface area contributed by atoms with Crippen LogP contribution < -0.4 is 9.67 Å². The first kappa shape index (κ1) is 19.0. The fourth-order valence-corrected chi connectivity index (χ4v) is 5.59. The van der Waals surface area contributed by atoms with Crippen LogP contribution in [0.5, 0.6) is 0 Å². The standard InChI is InChI=1S/C21H19AsN7O/c1-12(2)22-17-4-20(29-21-14(10-27-29)3-13(6-23)7-26-21)25-11-16(17)19-5-18(28-30-19)15-8-24-9-15/h3-5,7,10-12,15,24H,8-9H2,1-2H3. The molecule has 0 amide bonds. The summed E-state index contributed by atoms with van der Waals surface area (Å²) in [4.78, 5) is 9.07. The van der Waals surface area contributed by atoms with Crippen molar-refractivity contribution >= 4 is 31.1 Å². The Hall–Kier alpha value is -3.01. The first-order valence-corrected chi connectivity index (χ1v) is 11.8. The van der Waals surface area contributed by atoms with Crippen LogP contribution in [0, 0.1) is 11.3 Å². The first-order valence-electron chi connectivity index (χ1n) is 9.75. The van der Waals surface area contributed by atoms with Crippen LogP contribution in [0.2, 0.25) is 4.71 Å². The molecule has 1 saturated heterocycles. The molecule has 0 spiro atoms. The third kappa shape index (κ3) is 3.40. The number of pyridine rings is 2. The summed E-state index contributed by atoms with van der Waals surface area (Å²) >= 11 is -0.0992. The predicted octanol–water partition coefficient (Wildman–Crippen LogP) is 2.19. The second-order valence-corrected chi connectivity index (χ2v) is 11.3. The topological polar surface area (TPSA) is 105 Å². The van der Waals surface area contributed by atoms with Gasteiger partial charge in [-0.3, -0.25) is 0 Å². The summed E-state index contributed by atoms with van der Waals surface area (Å²) in [5.41, 5.74) is 3.18. The van der Waals surface area contributed by atoms with Crippen molar-refractivity contribution in [3.8, 4) is 23.2 Å². The van der Waals surface area contributed by atoms with E-state index in [0.29, 0.717) is 27.7 Å². The second-order valence-electron chi connectivity index (χ2n) is 7.56. The van der Waals surface area contributed by atoms with Gasteiger partial charge in [0.05, 0.1) is 0 Å². The average Bonchev–Trinajstić information content (AvgIpc) is 3.33. The molecule has 5 heterocycles. The molecule has 0 atom stereocenters. The quantitative estimate of drug-likeness (QED) is 0.455. The van der Waals surface area contributed by atoms with Gasteiger partial charge in [0, 0.05) is 0 Å². The first-order chi connectivity index (χ1) is 14.6. The molecule has 30 heavy (non-hydrogen) atoms. The Morgan fingerprint density at radius 3 is 2.80 bits per heavy atom. The fourth-order valence-electron chi connectivity index (χ4n) is 3.38. The summed E-state index contributed by atoms with van der Waals surface area (Å²) in [6, 6.07) is 8.02. The number of hydrogen-bond donors (Lipinski definition) is 1. The molecule has 9 heteroatoms. The zero-order chi connectivity index (χ0) is 20.7. The molecule has 4 aromatic heterocycles. The van der Waals surface area contributed by atoms with Gasteiger partial charge in [-0.1, -0.05) is 0 Å². The summed E-state index contributed by atoms with van der Waals surface area (Å²) in [6.45, 7) is 6.34.